The Kier molecular flexibility index (Phi) is 21.6. The van der Waals surface area contributed by atoms with Gasteiger partial charge in [0.1, 0.15) is 25.0 Å². The van der Waals surface area contributed by atoms with Gasteiger partial charge in [-0.1, -0.05) is 23.2 Å². The number of methoxy groups -OCH3 is 1. The number of ether oxygens (including phenoxy) is 1. The predicted molar refractivity (Wildman–Crippen MR) is 227 cm³/mol. The summed E-state index contributed by atoms with van der Waals surface area (Å²) in [4.78, 5) is 92.1. The molecule has 25 heteroatoms. The molecule has 2 aromatic carbocycles. The Hall–Kier alpha value is -3.18. The van der Waals surface area contributed by atoms with Crippen LogP contribution in [-0.4, -0.2) is 108 Å². The van der Waals surface area contributed by atoms with Gasteiger partial charge in [0.05, 0.1) is 59.4 Å². The molecule has 1 fully saturated rings. The molecule has 3 aromatic rings. The number of ketones is 3. The van der Waals surface area contributed by atoms with E-state index in [0.29, 0.717) is 40.1 Å². The van der Waals surface area contributed by atoms with E-state index in [2.05, 4.69) is 28.5 Å². The zero-order valence-electron chi connectivity index (χ0n) is 33.0. The maximum atomic E-state index is 14.3. The van der Waals surface area contributed by atoms with Crippen LogP contribution in [0.1, 0.15) is 42.5 Å². The van der Waals surface area contributed by atoms with Gasteiger partial charge in [-0.3, -0.25) is 38.8 Å². The summed E-state index contributed by atoms with van der Waals surface area (Å²) in [5, 5.41) is 10.1. The first kappa shape index (κ1) is 53.0. The van der Waals surface area contributed by atoms with Gasteiger partial charge >= 0.3 is 16.8 Å². The van der Waals surface area contributed by atoms with Gasteiger partial charge in [0, 0.05) is 42.6 Å². The van der Waals surface area contributed by atoms with E-state index in [4.69, 9.17) is 33.2 Å². The van der Waals surface area contributed by atoms with Crippen molar-refractivity contribution in [3.05, 3.63) is 66.2 Å². The maximum Gasteiger partial charge on any atom is 0.325 e. The van der Waals surface area contributed by atoms with Gasteiger partial charge in [-0.2, -0.15) is 0 Å². The molecule has 17 nitrogen and oxygen atoms in total. The Morgan fingerprint density at radius 3 is 2.15 bits per heavy atom. The van der Waals surface area contributed by atoms with Gasteiger partial charge in [0.2, 0.25) is 4.80 Å². The van der Waals surface area contributed by atoms with E-state index in [1.54, 1.807) is 9.36 Å². The van der Waals surface area contributed by atoms with Crippen molar-refractivity contribution in [2.75, 3.05) is 50.7 Å². The number of esters is 1. The molecule has 1 aliphatic heterocycles. The first-order valence-electron chi connectivity index (χ1n) is 17.4. The van der Waals surface area contributed by atoms with E-state index in [1.165, 1.54) is 25.3 Å². The van der Waals surface area contributed by atoms with Crippen LogP contribution in [0.2, 0.25) is 10.0 Å². The largest absolute Gasteiger partial charge is 0.778 e. The van der Waals surface area contributed by atoms with E-state index in [9.17, 15) is 51.0 Å². The summed E-state index contributed by atoms with van der Waals surface area (Å²) in [5.74, 6) is -4.87. The van der Waals surface area contributed by atoms with Crippen molar-refractivity contribution >= 4 is 110 Å². The minimum absolute atomic E-state index is 0.00216. The number of Topliss-reactive ketones (excluding diaryl/α,β-unsaturated/α-hetero) is 3. The Bertz CT molecular complexity index is 2330. The van der Waals surface area contributed by atoms with Crippen LogP contribution < -0.4 is 19.9 Å². The molecule has 1 aliphatic carbocycles. The van der Waals surface area contributed by atoms with Gasteiger partial charge < -0.3 is 24.2 Å². The number of hydrogen-bond acceptors (Lipinski definition) is 15. The second-order valence-corrected chi connectivity index (χ2v) is 22.0. The van der Waals surface area contributed by atoms with E-state index in [1.807, 2.05) is 5.32 Å². The normalized spacial score (nSPS) is 15.3. The second-order valence-electron chi connectivity index (χ2n) is 13.2. The number of carboxylic acid groups (broad SMARTS) is 1. The number of hydrogen-bond donors (Lipinski definition) is 3. The van der Waals surface area contributed by atoms with Gasteiger partial charge in [0.15, 0.2) is 27.2 Å². The molecular weight excluding hydrogens is 934 g/mol. The molecular formula is C35H44Cl2FN4O13PS4. The molecule has 3 N–H and O–H groups in total. The highest BCUT2D eigenvalue weighted by atomic mass is 35.5. The summed E-state index contributed by atoms with van der Waals surface area (Å²) < 4.78 is 55.0. The molecule has 0 bridgehead atoms. The molecule has 5 rings (SSSR count). The van der Waals surface area contributed by atoms with Gasteiger partial charge in [-0.05, 0) is 71.8 Å². The van der Waals surface area contributed by atoms with Gasteiger partial charge in [0.25, 0.3) is 0 Å². The molecule has 1 saturated carbocycles. The minimum Gasteiger partial charge on any atom is -0.778 e. The van der Waals surface area contributed by atoms with Crippen molar-refractivity contribution in [1.29, 1.82) is 0 Å². The fourth-order valence-electron chi connectivity index (χ4n) is 5.01. The number of thioether (sulfide) groups is 1. The number of sulfone groups is 1. The second kappa shape index (κ2) is 24.5. The van der Waals surface area contributed by atoms with Crippen LogP contribution in [0.25, 0.3) is 0 Å². The van der Waals surface area contributed by atoms with Crippen molar-refractivity contribution in [1.82, 2.24) is 14.7 Å². The zero-order valence-corrected chi connectivity index (χ0v) is 38.6. The number of aromatic nitrogens is 2. The van der Waals surface area contributed by atoms with Crippen LogP contribution in [0.3, 0.4) is 0 Å². The maximum absolute atomic E-state index is 14.3. The predicted octanol–water partition coefficient (Wildman–Crippen LogP) is 3.32. The molecule has 1 aromatic heterocycles. The monoisotopic (exact) mass is 976 g/mol. The summed E-state index contributed by atoms with van der Waals surface area (Å²) in [6, 6.07) is 6.29. The van der Waals surface area contributed by atoms with Crippen LogP contribution >= 0.6 is 53.9 Å². The topological polar surface area (TPSA) is 261 Å². The van der Waals surface area contributed by atoms with Crippen molar-refractivity contribution < 1.29 is 61.0 Å². The van der Waals surface area contributed by atoms with E-state index < -0.39 is 71.3 Å². The molecule has 332 valence electrons. The number of halogens is 3. The molecule has 0 saturated heterocycles. The molecule has 60 heavy (non-hydrogen) atoms. The SMILES string of the molecule is COC(=O)CSc1cc(/N=c2\sc(=O)n3n2CCCC3)c(F)cc1Cl.CS(=O)(=O)c1ccc(C(=O)C2C(=O)CCCC2=O)c(Cl)c1.C[S+](C)C.O=C(O)CNCP(=O)([O-])O. The Morgan fingerprint density at radius 2 is 1.63 bits per heavy atom. The minimum atomic E-state index is -4.35. The van der Waals surface area contributed by atoms with E-state index >= 15 is 0 Å². The number of benzene rings is 2. The third-order valence-corrected chi connectivity index (χ3v) is 12.0. The van der Waals surface area contributed by atoms with Crippen molar-refractivity contribution in [3.63, 3.8) is 0 Å². The highest BCUT2D eigenvalue weighted by molar-refractivity contribution is 8.00. The summed E-state index contributed by atoms with van der Waals surface area (Å²) in [7, 11) is -5.85. The number of fused-ring (bicyclic) bond motifs is 1. The third-order valence-electron chi connectivity index (χ3n) is 7.66. The molecule has 1 unspecified atom stereocenters. The Labute approximate surface area is 366 Å². The van der Waals surface area contributed by atoms with Crippen LogP contribution in [0.4, 0.5) is 10.1 Å². The van der Waals surface area contributed by atoms with Crippen LogP contribution in [-0.2, 0) is 62.3 Å². The van der Waals surface area contributed by atoms with Crippen LogP contribution in [0.5, 0.6) is 0 Å². The molecule has 0 spiro atoms. The molecule has 1 atom stereocenters. The quantitative estimate of drug-likeness (QED) is 0.0622. The lowest BCUT2D eigenvalue weighted by molar-refractivity contribution is -0.193. The van der Waals surface area contributed by atoms with Crippen molar-refractivity contribution in [2.45, 2.75) is 55.0 Å². The lowest BCUT2D eigenvalue weighted by Crippen LogP contribution is -2.35. The average molecular weight is 978 g/mol. The Balaban J connectivity index is 0.000000319. The van der Waals surface area contributed by atoms with Crippen molar-refractivity contribution in [3.8, 4) is 0 Å². The molecule has 2 heterocycles. The number of aliphatic carboxylic acids is 1. The van der Waals surface area contributed by atoms with Gasteiger partial charge in [-0.25, -0.2) is 22.5 Å². The summed E-state index contributed by atoms with van der Waals surface area (Å²) >= 11 is 14.1. The fourth-order valence-corrected chi connectivity index (χ4v) is 8.38. The first-order chi connectivity index (χ1) is 27.9. The molecule has 0 radical (unpaired) electrons. The number of nitrogens with zero attached hydrogens (tertiary/aromatic N) is 3. The smallest absolute Gasteiger partial charge is 0.325 e. The summed E-state index contributed by atoms with van der Waals surface area (Å²) in [6.45, 7) is 0.845. The third kappa shape index (κ3) is 17.7. The van der Waals surface area contributed by atoms with E-state index in [-0.39, 0.29) is 49.7 Å². The van der Waals surface area contributed by atoms with E-state index in [0.717, 1.165) is 54.3 Å². The number of carboxylic acids is 1. The lowest BCUT2D eigenvalue weighted by atomic mass is 9.82. The number of carbonyl (C=O) groups is 5. The summed E-state index contributed by atoms with van der Waals surface area (Å²) in [5.41, 5.74) is 0.0807. The number of nitrogens with one attached hydrogen (secondary N) is 1. The lowest BCUT2D eigenvalue weighted by Gasteiger charge is -2.18. The zero-order chi connectivity index (χ0) is 45.5. The fraction of sp³-hybridized carbons (Fsp3) is 0.457. The Morgan fingerprint density at radius 1 is 1.05 bits per heavy atom. The molecule has 2 aliphatic rings. The first-order valence-corrected chi connectivity index (χ1v) is 26.1. The van der Waals surface area contributed by atoms with Crippen LogP contribution in [0, 0.1) is 11.7 Å². The highest BCUT2D eigenvalue weighted by Gasteiger charge is 2.37. The highest BCUT2D eigenvalue weighted by Crippen LogP contribution is 2.33. The standard InChI is InChI=1S/C15H15ClFN3O3S2.C14H13ClO5S.C3H8NO5P.C3H9S/c1-23-13(21)8-24-12-7-11(10(17)6-9(12)16)18-14-19-4-2-3-5-20(19)15(22)25-14;1-21(19,20)8-5-6-9(10(15)7-8)14(18)13-11(16)3-2-4-12(13)17;5-3(6)1-4-2-10(7,8)9;1-4(2)3/h6-7H,2-5,8H2,1H3;5-7,13H,2-4H2,1H3;4H,1-2H2,(H,5,6)(H2,7,8,9);1-3H3/q;;;+1/p-1/b18-14-;;;. The summed E-state index contributed by atoms with van der Waals surface area (Å²) in [6.07, 6.45) is 9.64. The van der Waals surface area contributed by atoms with Gasteiger partial charge in [-0.15, -0.1) is 11.8 Å². The average Bonchev–Trinajstić information content (AvgIpc) is 3.45. The number of rotatable bonds is 11. The molecule has 0 amide bonds. The van der Waals surface area contributed by atoms with Crippen LogP contribution in [0.15, 0.2) is 49.9 Å². The number of carbonyl (C=O) groups excluding carboxylic acids is 4. The van der Waals surface area contributed by atoms with Crippen molar-refractivity contribution in [2.24, 2.45) is 10.9 Å².